The van der Waals surface area contributed by atoms with E-state index in [-0.39, 0.29) is 17.5 Å². The number of hydrogen-bond acceptors (Lipinski definition) is 5. The maximum atomic E-state index is 12.9. The van der Waals surface area contributed by atoms with Crippen LogP contribution in [0.25, 0.3) is 0 Å². The Balaban J connectivity index is 2.28. The molecule has 0 radical (unpaired) electrons. The van der Waals surface area contributed by atoms with Gasteiger partial charge >= 0.3 is 24.6 Å². The third kappa shape index (κ3) is 7.38. The molecular weight excluding hydrogens is 508 g/mol. The second-order valence-electron chi connectivity index (χ2n) is 7.66. The van der Waals surface area contributed by atoms with E-state index in [1.165, 1.54) is 24.3 Å². The summed E-state index contributed by atoms with van der Waals surface area (Å²) >= 11 is 0. The summed E-state index contributed by atoms with van der Waals surface area (Å²) < 4.78 is 90.1. The number of rotatable bonds is 7. The molecule has 0 aliphatic rings. The van der Waals surface area contributed by atoms with E-state index in [0.717, 1.165) is 31.4 Å². The maximum absolute atomic E-state index is 12.9. The lowest BCUT2D eigenvalue weighted by Gasteiger charge is -2.36. The average molecular weight is 527 g/mol. The number of benzene rings is 3. The molecule has 3 aromatic rings. The first-order valence-corrected chi connectivity index (χ1v) is 10.5. The van der Waals surface area contributed by atoms with Crippen molar-refractivity contribution >= 4 is 11.9 Å². The number of carbonyl (C=O) groups is 2. The van der Waals surface area contributed by atoms with Gasteiger partial charge in [-0.3, -0.25) is 4.79 Å². The molecule has 37 heavy (non-hydrogen) atoms. The summed E-state index contributed by atoms with van der Waals surface area (Å²) in [6.45, 7) is 0. The van der Waals surface area contributed by atoms with E-state index in [0.29, 0.717) is 5.56 Å². The lowest BCUT2D eigenvalue weighted by Crippen LogP contribution is -2.51. The van der Waals surface area contributed by atoms with E-state index in [1.807, 2.05) is 0 Å². The van der Waals surface area contributed by atoms with Gasteiger partial charge in [0.25, 0.3) is 0 Å². The molecule has 0 saturated carbocycles. The standard InChI is InChI=1S/C25H19F6NO5/c1-35-22(34)21(33)32-23(15-16-7-3-2-4-8-16,17-9-5-11-19(13-17)36-24(26,27)28)18-10-6-12-20(14-18)37-25(29,30)31/h2-14H,15H2,1H3,(H,32,33). The van der Waals surface area contributed by atoms with Crippen molar-refractivity contribution in [2.24, 2.45) is 0 Å². The number of amides is 1. The van der Waals surface area contributed by atoms with Crippen LogP contribution in [0.2, 0.25) is 0 Å². The monoisotopic (exact) mass is 527 g/mol. The van der Waals surface area contributed by atoms with Crippen molar-refractivity contribution in [3.8, 4) is 11.5 Å². The van der Waals surface area contributed by atoms with Gasteiger partial charge in [0.1, 0.15) is 11.5 Å². The van der Waals surface area contributed by atoms with Crippen molar-refractivity contribution in [1.82, 2.24) is 5.32 Å². The van der Waals surface area contributed by atoms with Crippen LogP contribution in [-0.2, 0) is 26.3 Å². The van der Waals surface area contributed by atoms with Crippen molar-refractivity contribution in [1.29, 1.82) is 0 Å². The molecule has 6 nitrogen and oxygen atoms in total. The molecule has 0 fully saturated rings. The lowest BCUT2D eigenvalue weighted by molar-refractivity contribution is -0.275. The highest BCUT2D eigenvalue weighted by atomic mass is 19.4. The van der Waals surface area contributed by atoms with Crippen LogP contribution in [0, 0.1) is 0 Å². The second kappa shape index (κ2) is 10.8. The van der Waals surface area contributed by atoms with Gasteiger partial charge < -0.3 is 19.5 Å². The van der Waals surface area contributed by atoms with Gasteiger partial charge in [-0.15, -0.1) is 26.3 Å². The summed E-state index contributed by atoms with van der Waals surface area (Å²) in [5, 5.41) is 2.46. The summed E-state index contributed by atoms with van der Waals surface area (Å²) in [4.78, 5) is 24.8. The van der Waals surface area contributed by atoms with Gasteiger partial charge in [-0.2, -0.15) is 0 Å². The molecule has 196 valence electrons. The molecule has 3 rings (SSSR count). The van der Waals surface area contributed by atoms with Crippen LogP contribution in [0.15, 0.2) is 78.9 Å². The number of nitrogens with one attached hydrogen (secondary N) is 1. The zero-order chi connectivity index (χ0) is 27.3. The first-order valence-electron chi connectivity index (χ1n) is 10.5. The van der Waals surface area contributed by atoms with Crippen molar-refractivity contribution in [2.75, 3.05) is 7.11 Å². The fourth-order valence-corrected chi connectivity index (χ4v) is 3.72. The molecule has 1 amide bonds. The molecule has 0 saturated heterocycles. The van der Waals surface area contributed by atoms with E-state index in [1.54, 1.807) is 30.3 Å². The molecule has 0 spiro atoms. The van der Waals surface area contributed by atoms with Crippen LogP contribution in [0.4, 0.5) is 26.3 Å². The van der Waals surface area contributed by atoms with Crippen molar-refractivity contribution < 1.29 is 50.1 Å². The van der Waals surface area contributed by atoms with Gasteiger partial charge in [0, 0.05) is 6.42 Å². The lowest BCUT2D eigenvalue weighted by atomic mass is 9.77. The zero-order valence-corrected chi connectivity index (χ0v) is 19.0. The Morgan fingerprint density at radius 1 is 0.730 bits per heavy atom. The number of esters is 1. The van der Waals surface area contributed by atoms with Crippen molar-refractivity contribution in [3.63, 3.8) is 0 Å². The number of alkyl halides is 6. The average Bonchev–Trinajstić information content (AvgIpc) is 2.82. The van der Waals surface area contributed by atoms with Crippen LogP contribution < -0.4 is 14.8 Å². The predicted molar refractivity (Wildman–Crippen MR) is 117 cm³/mol. The maximum Gasteiger partial charge on any atom is 0.573 e. The van der Waals surface area contributed by atoms with Crippen LogP contribution in [0.5, 0.6) is 11.5 Å². The van der Waals surface area contributed by atoms with Gasteiger partial charge in [0.15, 0.2) is 0 Å². The van der Waals surface area contributed by atoms with Crippen LogP contribution in [0.3, 0.4) is 0 Å². The fraction of sp³-hybridized carbons (Fsp3) is 0.200. The molecule has 0 aliphatic carbocycles. The van der Waals surface area contributed by atoms with E-state index in [4.69, 9.17) is 0 Å². The van der Waals surface area contributed by atoms with Gasteiger partial charge in [0.05, 0.1) is 12.6 Å². The minimum absolute atomic E-state index is 0.0282. The highest BCUT2D eigenvalue weighted by Crippen LogP contribution is 2.38. The van der Waals surface area contributed by atoms with Crippen molar-refractivity contribution in [2.45, 2.75) is 24.7 Å². The van der Waals surface area contributed by atoms with E-state index >= 15 is 0 Å². The van der Waals surface area contributed by atoms with Crippen LogP contribution in [0.1, 0.15) is 16.7 Å². The fourth-order valence-electron chi connectivity index (χ4n) is 3.72. The van der Waals surface area contributed by atoms with Gasteiger partial charge in [-0.05, 0) is 41.0 Å². The summed E-state index contributed by atoms with van der Waals surface area (Å²) in [5.74, 6) is -3.93. The number of methoxy groups -OCH3 is 1. The molecule has 3 aromatic carbocycles. The Hall–Kier alpha value is -4.22. The molecule has 0 heterocycles. The number of carbonyl (C=O) groups excluding carboxylic acids is 2. The third-order valence-corrected chi connectivity index (χ3v) is 5.13. The van der Waals surface area contributed by atoms with Gasteiger partial charge in [0.2, 0.25) is 0 Å². The second-order valence-corrected chi connectivity index (χ2v) is 7.66. The summed E-state index contributed by atoms with van der Waals surface area (Å²) in [7, 11) is 0.941. The Morgan fingerprint density at radius 3 is 1.65 bits per heavy atom. The van der Waals surface area contributed by atoms with Gasteiger partial charge in [-0.1, -0.05) is 54.6 Å². The van der Waals surface area contributed by atoms with Crippen LogP contribution in [-0.4, -0.2) is 31.7 Å². The largest absolute Gasteiger partial charge is 0.573 e. The van der Waals surface area contributed by atoms with Gasteiger partial charge in [-0.25, -0.2) is 4.79 Å². The van der Waals surface area contributed by atoms with E-state index in [9.17, 15) is 35.9 Å². The highest BCUT2D eigenvalue weighted by molar-refractivity contribution is 6.32. The quantitative estimate of drug-likeness (QED) is 0.258. The minimum atomic E-state index is -5.05. The van der Waals surface area contributed by atoms with Crippen LogP contribution >= 0.6 is 0 Å². The minimum Gasteiger partial charge on any atom is -0.462 e. The number of halogens is 6. The van der Waals surface area contributed by atoms with Crippen molar-refractivity contribution in [3.05, 3.63) is 95.6 Å². The van der Waals surface area contributed by atoms with E-state index in [2.05, 4.69) is 19.5 Å². The molecule has 12 heteroatoms. The molecule has 0 aromatic heterocycles. The predicted octanol–water partition coefficient (Wildman–Crippen LogP) is 5.26. The summed E-state index contributed by atoms with van der Waals surface area (Å²) in [5.41, 5.74) is -1.40. The first-order chi connectivity index (χ1) is 17.3. The highest BCUT2D eigenvalue weighted by Gasteiger charge is 2.40. The summed E-state index contributed by atoms with van der Waals surface area (Å²) in [6, 6.07) is 17.3. The molecule has 0 bridgehead atoms. The number of ether oxygens (including phenoxy) is 3. The SMILES string of the molecule is COC(=O)C(=O)NC(Cc1ccccc1)(c1cccc(OC(F)(F)F)c1)c1cccc(OC(F)(F)F)c1. The molecule has 0 aliphatic heterocycles. The Morgan fingerprint density at radius 2 is 1.22 bits per heavy atom. The first kappa shape index (κ1) is 27.4. The Kier molecular flexibility index (Phi) is 7.99. The normalized spacial score (nSPS) is 12.0. The topological polar surface area (TPSA) is 73.9 Å². The molecule has 1 N–H and O–H groups in total. The molecule has 0 atom stereocenters. The molecule has 0 unspecified atom stereocenters. The Bertz CT molecular complexity index is 1180. The molecular formula is C25H19F6NO5. The number of hydrogen-bond donors (Lipinski definition) is 1. The van der Waals surface area contributed by atoms with E-state index < -0.39 is 41.6 Å². The summed E-state index contributed by atoms with van der Waals surface area (Å²) in [6.07, 6.45) is -10.3. The third-order valence-electron chi connectivity index (χ3n) is 5.13. The Labute approximate surface area is 206 Å². The zero-order valence-electron chi connectivity index (χ0n) is 19.0. The smallest absolute Gasteiger partial charge is 0.462 e.